The van der Waals surface area contributed by atoms with Crippen molar-refractivity contribution in [2.24, 2.45) is 0 Å². The maximum atomic E-state index is 9.08. The lowest BCUT2D eigenvalue weighted by molar-refractivity contribution is 0.305. The van der Waals surface area contributed by atoms with Crippen LogP contribution in [0, 0.1) is 0 Å². The fraction of sp³-hybridized carbons (Fsp3) is 0.0667. The minimum Gasteiger partial charge on any atom is -0.508 e. The Labute approximate surface area is 240 Å². The Morgan fingerprint density at radius 1 is 0.605 bits per heavy atom. The number of halogens is 2. The second-order valence-electron chi connectivity index (χ2n) is 7.57. The first kappa shape index (κ1) is 28.7. The first-order valence-corrected chi connectivity index (χ1v) is 12.8. The molecule has 2 heterocycles. The molecule has 0 atom stereocenters. The SMILES string of the molecule is Brc1ccc(Oc2ccc(OCc3ccccc3)cc2)nc1.C.Oc1ccc(Oc2ccc(Br)cn2)cc1.[2HH]. The van der Waals surface area contributed by atoms with Crippen molar-refractivity contribution in [1.29, 1.82) is 0 Å². The van der Waals surface area contributed by atoms with E-state index in [-0.39, 0.29) is 14.6 Å². The molecule has 5 aromatic rings. The average Bonchev–Trinajstić information content (AvgIpc) is 2.93. The molecule has 6 nitrogen and oxygen atoms in total. The highest BCUT2D eigenvalue weighted by molar-refractivity contribution is 9.10. The third-order valence-corrected chi connectivity index (χ3v) is 5.69. The van der Waals surface area contributed by atoms with Crippen LogP contribution in [0.5, 0.6) is 34.8 Å². The quantitative estimate of drug-likeness (QED) is 0.191. The van der Waals surface area contributed by atoms with Crippen LogP contribution in [0.25, 0.3) is 0 Å². The summed E-state index contributed by atoms with van der Waals surface area (Å²) in [7, 11) is 0. The van der Waals surface area contributed by atoms with Gasteiger partial charge in [-0.1, -0.05) is 37.8 Å². The van der Waals surface area contributed by atoms with Crippen molar-refractivity contribution in [2.75, 3.05) is 0 Å². The average molecular weight is 641 g/mol. The molecular weight excluding hydrogens is 612 g/mol. The zero-order valence-corrected chi connectivity index (χ0v) is 22.7. The number of benzene rings is 3. The molecule has 0 saturated carbocycles. The molecule has 38 heavy (non-hydrogen) atoms. The van der Waals surface area contributed by atoms with E-state index in [1.165, 1.54) is 0 Å². The van der Waals surface area contributed by atoms with Gasteiger partial charge >= 0.3 is 0 Å². The molecule has 2 aromatic heterocycles. The molecule has 0 amide bonds. The summed E-state index contributed by atoms with van der Waals surface area (Å²) in [6.07, 6.45) is 3.36. The molecule has 0 radical (unpaired) electrons. The lowest BCUT2D eigenvalue weighted by Crippen LogP contribution is -1.95. The van der Waals surface area contributed by atoms with Crippen LogP contribution >= 0.6 is 31.9 Å². The first-order valence-electron chi connectivity index (χ1n) is 11.2. The lowest BCUT2D eigenvalue weighted by Gasteiger charge is -2.08. The Kier molecular flexibility index (Phi) is 11.1. The number of nitrogens with zero attached hydrogens (tertiary/aromatic N) is 2. The molecule has 1 N–H and O–H groups in total. The Morgan fingerprint density at radius 3 is 1.55 bits per heavy atom. The smallest absolute Gasteiger partial charge is 0.219 e. The van der Waals surface area contributed by atoms with Crippen LogP contribution in [0.4, 0.5) is 0 Å². The Bertz CT molecular complexity index is 1330. The summed E-state index contributed by atoms with van der Waals surface area (Å²) in [5.74, 6) is 3.46. The fourth-order valence-corrected chi connectivity index (χ4v) is 3.41. The van der Waals surface area contributed by atoms with Gasteiger partial charge in [0.2, 0.25) is 11.8 Å². The van der Waals surface area contributed by atoms with Crippen molar-refractivity contribution < 1.29 is 20.7 Å². The summed E-state index contributed by atoms with van der Waals surface area (Å²) >= 11 is 6.63. The second-order valence-corrected chi connectivity index (χ2v) is 9.40. The van der Waals surface area contributed by atoms with E-state index in [1.807, 2.05) is 72.8 Å². The maximum Gasteiger partial charge on any atom is 0.219 e. The van der Waals surface area contributed by atoms with Gasteiger partial charge in [0, 0.05) is 34.9 Å². The maximum absolute atomic E-state index is 9.08. The Morgan fingerprint density at radius 2 is 1.08 bits per heavy atom. The Balaban J connectivity index is 0.000000277. The summed E-state index contributed by atoms with van der Waals surface area (Å²) < 4.78 is 18.7. The highest BCUT2D eigenvalue weighted by atomic mass is 79.9. The highest BCUT2D eigenvalue weighted by Crippen LogP contribution is 2.24. The van der Waals surface area contributed by atoms with Gasteiger partial charge in [-0.05, 0) is 98.1 Å². The number of pyridine rings is 2. The molecule has 5 rings (SSSR count). The van der Waals surface area contributed by atoms with Crippen LogP contribution in [-0.4, -0.2) is 15.1 Å². The fourth-order valence-electron chi connectivity index (χ4n) is 2.95. The van der Waals surface area contributed by atoms with E-state index in [0.717, 1.165) is 26.0 Å². The molecule has 0 spiro atoms. The molecular formula is C30H28Br2N2O4. The number of aromatic hydroxyl groups is 1. The van der Waals surface area contributed by atoms with E-state index in [2.05, 4.69) is 41.8 Å². The number of hydrogen-bond donors (Lipinski definition) is 1. The zero-order valence-electron chi connectivity index (χ0n) is 19.5. The minimum absolute atomic E-state index is 0. The van der Waals surface area contributed by atoms with Crippen LogP contribution in [0.3, 0.4) is 0 Å². The third kappa shape index (κ3) is 9.53. The molecule has 0 saturated heterocycles. The first-order chi connectivity index (χ1) is 18.0. The number of ether oxygens (including phenoxy) is 3. The molecule has 0 bridgehead atoms. The van der Waals surface area contributed by atoms with Gasteiger partial charge < -0.3 is 19.3 Å². The van der Waals surface area contributed by atoms with Crippen LogP contribution < -0.4 is 14.2 Å². The topological polar surface area (TPSA) is 73.7 Å². The molecule has 8 heteroatoms. The molecule has 0 aliphatic rings. The van der Waals surface area contributed by atoms with E-state index in [9.17, 15) is 0 Å². The predicted molar refractivity (Wildman–Crippen MR) is 158 cm³/mol. The van der Waals surface area contributed by atoms with E-state index in [0.29, 0.717) is 24.1 Å². The van der Waals surface area contributed by atoms with Crippen molar-refractivity contribution in [2.45, 2.75) is 14.0 Å². The molecule has 0 aliphatic carbocycles. The van der Waals surface area contributed by atoms with Gasteiger partial charge in [0.25, 0.3) is 0 Å². The summed E-state index contributed by atoms with van der Waals surface area (Å²) in [4.78, 5) is 8.24. The van der Waals surface area contributed by atoms with E-state index in [4.69, 9.17) is 19.3 Å². The predicted octanol–water partition coefficient (Wildman–Crippen LogP) is 9.44. The molecule has 0 unspecified atom stereocenters. The highest BCUT2D eigenvalue weighted by Gasteiger charge is 2.01. The second kappa shape index (κ2) is 14.8. The number of hydrogen-bond acceptors (Lipinski definition) is 6. The van der Waals surface area contributed by atoms with Gasteiger partial charge in [-0.2, -0.15) is 0 Å². The van der Waals surface area contributed by atoms with Gasteiger partial charge in [-0.25, -0.2) is 9.97 Å². The monoisotopic (exact) mass is 639 g/mol. The molecule has 196 valence electrons. The van der Waals surface area contributed by atoms with E-state index >= 15 is 0 Å². The number of rotatable bonds is 7. The van der Waals surface area contributed by atoms with Crippen molar-refractivity contribution in [3.05, 3.63) is 130 Å². The van der Waals surface area contributed by atoms with Crippen molar-refractivity contribution in [3.8, 4) is 34.8 Å². The van der Waals surface area contributed by atoms with Crippen molar-refractivity contribution >= 4 is 31.9 Å². The van der Waals surface area contributed by atoms with Crippen molar-refractivity contribution in [1.82, 2.24) is 9.97 Å². The van der Waals surface area contributed by atoms with Crippen LogP contribution in [-0.2, 0) is 6.61 Å². The van der Waals surface area contributed by atoms with Crippen LogP contribution in [0.2, 0.25) is 0 Å². The van der Waals surface area contributed by atoms with E-state index in [1.54, 1.807) is 42.7 Å². The van der Waals surface area contributed by atoms with Gasteiger partial charge in [0.1, 0.15) is 29.6 Å². The van der Waals surface area contributed by atoms with Gasteiger partial charge in [0.05, 0.1) is 0 Å². The molecule has 3 aromatic carbocycles. The summed E-state index contributed by atoms with van der Waals surface area (Å²) in [6, 6.07) is 31.4. The number of aromatic nitrogens is 2. The van der Waals surface area contributed by atoms with Crippen molar-refractivity contribution in [3.63, 3.8) is 0 Å². The minimum atomic E-state index is 0. The van der Waals surface area contributed by atoms with Gasteiger partial charge in [-0.3, -0.25) is 0 Å². The van der Waals surface area contributed by atoms with Gasteiger partial charge in [-0.15, -0.1) is 0 Å². The standard InChI is InChI=1S/C18H14BrNO2.C11H8BrNO2.CH4.H2/c19-15-6-11-18(20-12-15)22-17-9-7-16(8-10-17)21-13-14-4-2-1-3-5-14;12-8-1-6-11(13-7-8)15-10-4-2-9(14)3-5-10;;/h1-12H,13H2;1-7,14H;1H4;1H/i;;;1+1. The number of phenols is 1. The van der Waals surface area contributed by atoms with E-state index < -0.39 is 0 Å². The Hall–Kier alpha value is -3.88. The summed E-state index contributed by atoms with van der Waals surface area (Å²) in [5.41, 5.74) is 1.14. The van der Waals surface area contributed by atoms with Gasteiger partial charge in [0.15, 0.2) is 0 Å². The lowest BCUT2D eigenvalue weighted by atomic mass is 10.2. The summed E-state index contributed by atoms with van der Waals surface area (Å²) in [5, 5.41) is 9.08. The molecule has 0 aliphatic heterocycles. The zero-order chi connectivity index (χ0) is 25.9. The third-order valence-electron chi connectivity index (χ3n) is 4.75. The summed E-state index contributed by atoms with van der Waals surface area (Å²) in [6.45, 7) is 0.551. The van der Waals surface area contributed by atoms with Crippen LogP contribution in [0.1, 0.15) is 14.4 Å². The van der Waals surface area contributed by atoms with Crippen LogP contribution in [0.15, 0.2) is 124 Å². The number of phenolic OH excluding ortho intramolecular Hbond substituents is 1. The normalized spacial score (nSPS) is 9.84. The molecule has 0 fully saturated rings. The largest absolute Gasteiger partial charge is 0.508 e.